The molecule has 1 heterocycles. The first-order valence-corrected chi connectivity index (χ1v) is 9.21. The van der Waals surface area contributed by atoms with E-state index >= 15 is 0 Å². The number of rotatable bonds is 4. The number of nitrogen functional groups attached to an aromatic ring is 1. The highest BCUT2D eigenvalue weighted by atomic mass is 19.4. The first kappa shape index (κ1) is 19.6. The molecule has 0 radical (unpaired) electrons. The van der Waals surface area contributed by atoms with Crippen molar-refractivity contribution in [3.63, 3.8) is 0 Å². The molecule has 30 heavy (non-hydrogen) atoms. The molecule has 0 fully saturated rings. The number of alkyl halides is 3. The molecule has 5 nitrogen and oxygen atoms in total. The second-order valence-corrected chi connectivity index (χ2v) is 7.01. The van der Waals surface area contributed by atoms with Crippen LogP contribution in [0, 0.1) is 0 Å². The highest BCUT2D eigenvalue weighted by Gasteiger charge is 2.30. The Morgan fingerprint density at radius 2 is 1.87 bits per heavy atom. The average Bonchev–Trinajstić information content (AvgIpc) is 2.70. The zero-order valence-corrected chi connectivity index (χ0v) is 15.7. The summed E-state index contributed by atoms with van der Waals surface area (Å²) in [5, 5.41) is 13.5. The van der Waals surface area contributed by atoms with E-state index in [4.69, 9.17) is 5.73 Å². The Morgan fingerprint density at radius 1 is 1.07 bits per heavy atom. The van der Waals surface area contributed by atoms with Gasteiger partial charge in [-0.2, -0.15) is 13.2 Å². The quantitative estimate of drug-likeness (QED) is 0.290. The normalized spacial score (nSPS) is 11.8. The third-order valence-corrected chi connectivity index (χ3v) is 4.96. The number of phenolic OH excluding ortho intramolecular Hbond substituents is 1. The SMILES string of the molecule is Nc1ccc(NCCc2cccc(C(F)(F)F)c2)c2c(=O)c3cc(O)ccc3[nH]c12. The zero-order valence-electron chi connectivity index (χ0n) is 15.7. The maximum Gasteiger partial charge on any atom is 0.416 e. The number of aromatic hydroxyl groups is 1. The summed E-state index contributed by atoms with van der Waals surface area (Å²) in [6.07, 6.45) is -4.06. The number of nitrogens with one attached hydrogen (secondary N) is 2. The van der Waals surface area contributed by atoms with Crippen LogP contribution in [0.25, 0.3) is 21.8 Å². The first-order valence-electron chi connectivity index (χ1n) is 9.21. The van der Waals surface area contributed by atoms with Crippen LogP contribution in [0.5, 0.6) is 5.75 Å². The lowest BCUT2D eigenvalue weighted by Gasteiger charge is -2.13. The number of phenols is 1. The van der Waals surface area contributed by atoms with E-state index in [1.54, 1.807) is 24.3 Å². The van der Waals surface area contributed by atoms with E-state index < -0.39 is 11.7 Å². The predicted octanol–water partition coefficient (Wildman–Crippen LogP) is 4.64. The number of fused-ring (bicyclic) bond motifs is 2. The van der Waals surface area contributed by atoms with Crippen molar-refractivity contribution in [3.05, 3.63) is 75.9 Å². The van der Waals surface area contributed by atoms with Gasteiger partial charge in [0.05, 0.1) is 27.7 Å². The molecule has 0 saturated carbocycles. The number of pyridine rings is 1. The van der Waals surface area contributed by atoms with Gasteiger partial charge in [-0.3, -0.25) is 4.79 Å². The summed E-state index contributed by atoms with van der Waals surface area (Å²) >= 11 is 0. The fourth-order valence-electron chi connectivity index (χ4n) is 3.48. The van der Waals surface area contributed by atoms with Gasteiger partial charge in [0.25, 0.3) is 0 Å². The Labute approximate surface area is 169 Å². The standard InChI is InChI=1S/C22H18F3N3O2/c23-22(24,25)13-3-1-2-12(10-13)8-9-27-18-7-5-16(26)20-19(18)21(30)15-11-14(29)4-6-17(15)28-20/h1-7,10-11,27,29H,8-9,26H2,(H,28,30). The van der Waals surface area contributed by atoms with Gasteiger partial charge < -0.3 is 21.1 Å². The minimum atomic E-state index is -4.39. The van der Waals surface area contributed by atoms with Crippen LogP contribution in [0.2, 0.25) is 0 Å². The lowest BCUT2D eigenvalue weighted by molar-refractivity contribution is -0.137. The molecule has 4 rings (SSSR count). The number of hydrogen-bond donors (Lipinski definition) is 4. The summed E-state index contributed by atoms with van der Waals surface area (Å²) in [5.41, 5.74) is 7.47. The summed E-state index contributed by atoms with van der Waals surface area (Å²) in [5.74, 6) is -0.0321. The van der Waals surface area contributed by atoms with Crippen LogP contribution < -0.4 is 16.5 Å². The molecule has 0 amide bonds. The van der Waals surface area contributed by atoms with Gasteiger partial charge in [-0.1, -0.05) is 18.2 Å². The summed E-state index contributed by atoms with van der Waals surface area (Å²) in [4.78, 5) is 16.2. The second-order valence-electron chi connectivity index (χ2n) is 7.01. The van der Waals surface area contributed by atoms with E-state index in [2.05, 4.69) is 10.3 Å². The molecule has 0 saturated heterocycles. The Balaban J connectivity index is 1.67. The van der Waals surface area contributed by atoms with Gasteiger partial charge >= 0.3 is 6.18 Å². The van der Waals surface area contributed by atoms with E-state index in [0.717, 1.165) is 12.1 Å². The van der Waals surface area contributed by atoms with E-state index in [0.29, 0.717) is 51.7 Å². The van der Waals surface area contributed by atoms with Crippen molar-refractivity contribution < 1.29 is 18.3 Å². The fraction of sp³-hybridized carbons (Fsp3) is 0.136. The van der Waals surface area contributed by atoms with Crippen molar-refractivity contribution in [2.24, 2.45) is 0 Å². The molecule has 8 heteroatoms. The molecule has 154 valence electrons. The minimum absolute atomic E-state index is 0.0321. The van der Waals surface area contributed by atoms with E-state index in [9.17, 15) is 23.1 Å². The van der Waals surface area contributed by atoms with Crippen molar-refractivity contribution in [1.82, 2.24) is 4.98 Å². The Kier molecular flexibility index (Phi) is 4.77. The minimum Gasteiger partial charge on any atom is -0.508 e. The number of halogens is 3. The van der Waals surface area contributed by atoms with E-state index in [-0.39, 0.29) is 11.2 Å². The van der Waals surface area contributed by atoms with Crippen LogP contribution in [0.3, 0.4) is 0 Å². The van der Waals surface area contributed by atoms with Crippen LogP contribution in [0.1, 0.15) is 11.1 Å². The van der Waals surface area contributed by atoms with Gasteiger partial charge in [-0.25, -0.2) is 0 Å². The lowest BCUT2D eigenvalue weighted by Crippen LogP contribution is -2.12. The highest BCUT2D eigenvalue weighted by molar-refractivity contribution is 6.04. The molecular weight excluding hydrogens is 395 g/mol. The number of aromatic nitrogens is 1. The van der Waals surface area contributed by atoms with Gasteiger partial charge in [0, 0.05) is 17.6 Å². The maximum atomic E-state index is 13.0. The molecule has 0 atom stereocenters. The van der Waals surface area contributed by atoms with Gasteiger partial charge in [-0.05, 0) is 48.4 Å². The summed E-state index contributed by atoms with van der Waals surface area (Å²) in [7, 11) is 0. The number of nitrogens with two attached hydrogens (primary N) is 1. The van der Waals surface area contributed by atoms with Crippen LogP contribution in [0.15, 0.2) is 59.4 Å². The summed E-state index contributed by atoms with van der Waals surface area (Å²) in [6.45, 7) is 0.317. The van der Waals surface area contributed by atoms with E-state index in [1.165, 1.54) is 18.2 Å². The number of benzene rings is 3. The van der Waals surface area contributed by atoms with Crippen molar-refractivity contribution in [1.29, 1.82) is 0 Å². The van der Waals surface area contributed by atoms with Crippen LogP contribution in [-0.2, 0) is 12.6 Å². The maximum absolute atomic E-state index is 13.0. The van der Waals surface area contributed by atoms with Crippen LogP contribution in [-0.4, -0.2) is 16.6 Å². The summed E-state index contributed by atoms with van der Waals surface area (Å²) in [6, 6.07) is 12.9. The van der Waals surface area contributed by atoms with Crippen molar-refractivity contribution in [3.8, 4) is 5.75 Å². The molecule has 0 aliphatic heterocycles. The van der Waals surface area contributed by atoms with Gasteiger partial charge in [-0.15, -0.1) is 0 Å². The molecule has 1 aromatic heterocycles. The lowest BCUT2D eigenvalue weighted by atomic mass is 10.1. The van der Waals surface area contributed by atoms with Crippen molar-refractivity contribution in [2.75, 3.05) is 17.6 Å². The van der Waals surface area contributed by atoms with Crippen molar-refractivity contribution in [2.45, 2.75) is 12.6 Å². The number of H-pyrrole nitrogens is 1. The molecule has 0 aliphatic rings. The molecular formula is C22H18F3N3O2. The molecule has 3 aromatic carbocycles. The number of anilines is 2. The number of aromatic amines is 1. The fourth-order valence-corrected chi connectivity index (χ4v) is 3.48. The van der Waals surface area contributed by atoms with Gasteiger partial charge in [0.15, 0.2) is 5.43 Å². The second kappa shape index (κ2) is 7.29. The monoisotopic (exact) mass is 413 g/mol. The topological polar surface area (TPSA) is 91.1 Å². The van der Waals surface area contributed by atoms with Gasteiger partial charge in [0.2, 0.25) is 0 Å². The molecule has 0 unspecified atom stereocenters. The Morgan fingerprint density at radius 3 is 2.63 bits per heavy atom. The molecule has 0 bridgehead atoms. The first-order chi connectivity index (χ1) is 14.2. The molecule has 0 aliphatic carbocycles. The zero-order chi connectivity index (χ0) is 21.5. The van der Waals surface area contributed by atoms with Crippen LogP contribution in [0.4, 0.5) is 24.5 Å². The summed E-state index contributed by atoms with van der Waals surface area (Å²) < 4.78 is 38.7. The molecule has 0 spiro atoms. The average molecular weight is 413 g/mol. The molecule has 5 N–H and O–H groups in total. The molecule has 4 aromatic rings. The van der Waals surface area contributed by atoms with Crippen LogP contribution >= 0.6 is 0 Å². The van der Waals surface area contributed by atoms with Gasteiger partial charge in [0.1, 0.15) is 5.75 Å². The predicted molar refractivity (Wildman–Crippen MR) is 112 cm³/mol. The van der Waals surface area contributed by atoms with E-state index in [1.807, 2.05) is 0 Å². The Bertz CT molecular complexity index is 1310. The highest BCUT2D eigenvalue weighted by Crippen LogP contribution is 2.30. The Hall–Kier alpha value is -3.68. The number of hydrogen-bond acceptors (Lipinski definition) is 4. The third kappa shape index (κ3) is 3.63. The smallest absolute Gasteiger partial charge is 0.416 e. The third-order valence-electron chi connectivity index (χ3n) is 4.96. The largest absolute Gasteiger partial charge is 0.508 e. The van der Waals surface area contributed by atoms with Crippen molar-refractivity contribution >= 4 is 33.2 Å².